The van der Waals surface area contributed by atoms with Crippen LogP contribution in [0.2, 0.25) is 0 Å². The third-order valence-electron chi connectivity index (χ3n) is 3.99. The van der Waals surface area contributed by atoms with Gasteiger partial charge in [0.1, 0.15) is 0 Å². The van der Waals surface area contributed by atoms with Gasteiger partial charge in [-0.1, -0.05) is 30.3 Å². The Morgan fingerprint density at radius 3 is 2.32 bits per heavy atom. The van der Waals surface area contributed by atoms with Gasteiger partial charge in [0, 0.05) is 29.0 Å². The summed E-state index contributed by atoms with van der Waals surface area (Å²) in [7, 11) is 0. The second-order valence-corrected chi connectivity index (χ2v) is 5.61. The van der Waals surface area contributed by atoms with Gasteiger partial charge in [-0.15, -0.1) is 0 Å². The number of nitro groups is 1. The van der Waals surface area contributed by atoms with Crippen LogP contribution in [0.5, 0.6) is 0 Å². The lowest BCUT2D eigenvalue weighted by Gasteiger charge is -2.28. The zero-order valence-electron chi connectivity index (χ0n) is 13.4. The molecule has 2 amide bonds. The molecule has 1 unspecified atom stereocenters. The van der Waals surface area contributed by atoms with Crippen LogP contribution in [0.4, 0.5) is 10.5 Å². The molecule has 0 aromatic heterocycles. The normalized spacial score (nSPS) is 16.8. The molecule has 0 spiro atoms. The summed E-state index contributed by atoms with van der Waals surface area (Å²) in [4.78, 5) is 35.1. The van der Waals surface area contributed by atoms with E-state index in [9.17, 15) is 19.7 Å². The minimum absolute atomic E-state index is 0.0550. The fourth-order valence-electron chi connectivity index (χ4n) is 2.78. The fourth-order valence-corrected chi connectivity index (χ4v) is 2.78. The predicted molar refractivity (Wildman–Crippen MR) is 91.0 cm³/mol. The average molecular weight is 337 g/mol. The zero-order valence-corrected chi connectivity index (χ0v) is 13.4. The summed E-state index contributed by atoms with van der Waals surface area (Å²) in [5.41, 5.74) is 1.90. The van der Waals surface area contributed by atoms with E-state index in [0.29, 0.717) is 22.4 Å². The summed E-state index contributed by atoms with van der Waals surface area (Å²) >= 11 is 0. The van der Waals surface area contributed by atoms with Crippen LogP contribution in [-0.4, -0.2) is 16.7 Å². The van der Waals surface area contributed by atoms with Gasteiger partial charge in [0.15, 0.2) is 5.78 Å². The number of nitrogens with zero attached hydrogens (tertiary/aromatic N) is 1. The van der Waals surface area contributed by atoms with Crippen LogP contribution in [0.25, 0.3) is 0 Å². The molecule has 2 N–H and O–H groups in total. The molecule has 0 fully saturated rings. The molecule has 0 aliphatic carbocycles. The zero-order chi connectivity index (χ0) is 18.0. The first kappa shape index (κ1) is 16.4. The lowest BCUT2D eigenvalue weighted by Crippen LogP contribution is -2.45. The van der Waals surface area contributed by atoms with Crippen molar-refractivity contribution in [2.75, 3.05) is 0 Å². The summed E-state index contributed by atoms with van der Waals surface area (Å²) in [6.07, 6.45) is 0. The number of carbonyl (C=O) groups excluding carboxylic acids is 2. The van der Waals surface area contributed by atoms with Crippen LogP contribution in [-0.2, 0) is 0 Å². The summed E-state index contributed by atoms with van der Waals surface area (Å²) < 4.78 is 0. The van der Waals surface area contributed by atoms with Crippen molar-refractivity contribution in [3.63, 3.8) is 0 Å². The monoisotopic (exact) mass is 337 g/mol. The highest BCUT2D eigenvalue weighted by Gasteiger charge is 2.31. The Kier molecular flexibility index (Phi) is 4.30. The maximum atomic E-state index is 12.9. The first-order valence-electron chi connectivity index (χ1n) is 7.60. The van der Waals surface area contributed by atoms with E-state index >= 15 is 0 Å². The Morgan fingerprint density at radius 2 is 1.72 bits per heavy atom. The highest BCUT2D eigenvalue weighted by molar-refractivity contribution is 6.11. The van der Waals surface area contributed by atoms with Crippen LogP contribution >= 0.6 is 0 Å². The fraction of sp³-hybridized carbons (Fsp3) is 0.111. The lowest BCUT2D eigenvalue weighted by molar-refractivity contribution is -0.384. The maximum Gasteiger partial charge on any atom is 0.319 e. The van der Waals surface area contributed by atoms with Crippen molar-refractivity contribution in [2.45, 2.75) is 13.0 Å². The quantitative estimate of drug-likeness (QED) is 0.508. The van der Waals surface area contributed by atoms with Gasteiger partial charge in [-0.2, -0.15) is 0 Å². The number of urea groups is 1. The molecule has 0 radical (unpaired) electrons. The summed E-state index contributed by atoms with van der Waals surface area (Å²) in [5, 5.41) is 16.1. The van der Waals surface area contributed by atoms with E-state index < -0.39 is 17.0 Å². The molecule has 0 saturated heterocycles. The Hall–Kier alpha value is -3.48. The van der Waals surface area contributed by atoms with Gasteiger partial charge in [0.05, 0.1) is 11.0 Å². The van der Waals surface area contributed by atoms with Crippen LogP contribution in [0, 0.1) is 10.1 Å². The van der Waals surface area contributed by atoms with Gasteiger partial charge >= 0.3 is 6.03 Å². The minimum atomic E-state index is -0.678. The molecule has 25 heavy (non-hydrogen) atoms. The predicted octanol–water partition coefficient (Wildman–Crippen LogP) is 3.11. The van der Waals surface area contributed by atoms with Crippen molar-refractivity contribution in [2.24, 2.45) is 0 Å². The van der Waals surface area contributed by atoms with Gasteiger partial charge in [0.25, 0.3) is 5.69 Å². The Morgan fingerprint density at radius 1 is 1.08 bits per heavy atom. The number of allylic oxidation sites excluding steroid dienone is 1. The third kappa shape index (κ3) is 3.25. The van der Waals surface area contributed by atoms with Crippen LogP contribution in [0.15, 0.2) is 65.9 Å². The minimum Gasteiger partial charge on any atom is -0.327 e. The summed E-state index contributed by atoms with van der Waals surface area (Å²) in [5.74, 6) is -0.214. The number of hydrogen-bond acceptors (Lipinski definition) is 4. The van der Waals surface area contributed by atoms with Crippen molar-refractivity contribution in [1.82, 2.24) is 10.6 Å². The molecule has 1 atom stereocenters. The van der Waals surface area contributed by atoms with Crippen LogP contribution < -0.4 is 10.6 Å². The molecular weight excluding hydrogens is 322 g/mol. The van der Waals surface area contributed by atoms with E-state index in [-0.39, 0.29) is 11.5 Å². The number of ketones is 1. The SMILES string of the molecule is CC1=C(C(=O)c2ccccc2)C(c2ccc([N+](=O)[O-])cc2)NC(=O)N1. The highest BCUT2D eigenvalue weighted by atomic mass is 16.6. The number of amides is 2. The summed E-state index contributed by atoms with van der Waals surface area (Å²) in [6, 6.07) is 13.4. The first-order valence-corrected chi connectivity index (χ1v) is 7.60. The molecule has 0 bridgehead atoms. The number of hydrogen-bond donors (Lipinski definition) is 2. The summed E-state index contributed by atoms with van der Waals surface area (Å²) in [6.45, 7) is 1.66. The highest BCUT2D eigenvalue weighted by Crippen LogP contribution is 2.30. The number of carbonyl (C=O) groups is 2. The second-order valence-electron chi connectivity index (χ2n) is 5.61. The molecule has 2 aromatic carbocycles. The van der Waals surface area contributed by atoms with Crippen molar-refractivity contribution < 1.29 is 14.5 Å². The average Bonchev–Trinajstić information content (AvgIpc) is 2.61. The molecule has 2 aromatic rings. The largest absolute Gasteiger partial charge is 0.327 e. The molecule has 7 nitrogen and oxygen atoms in total. The molecule has 0 saturated carbocycles. The number of nitrogens with one attached hydrogen (secondary N) is 2. The van der Waals surface area contributed by atoms with E-state index in [1.54, 1.807) is 43.3 Å². The van der Waals surface area contributed by atoms with E-state index in [0.717, 1.165) is 0 Å². The molecule has 1 aliphatic rings. The van der Waals surface area contributed by atoms with Gasteiger partial charge in [-0.25, -0.2) is 4.79 Å². The Bertz CT molecular complexity index is 873. The molecule has 3 rings (SSSR count). The van der Waals surface area contributed by atoms with Crippen molar-refractivity contribution in [1.29, 1.82) is 0 Å². The topological polar surface area (TPSA) is 101 Å². The molecule has 1 aliphatic heterocycles. The maximum absolute atomic E-state index is 12.9. The van der Waals surface area contributed by atoms with E-state index in [1.807, 2.05) is 6.07 Å². The van der Waals surface area contributed by atoms with Gasteiger partial charge < -0.3 is 10.6 Å². The van der Waals surface area contributed by atoms with Crippen molar-refractivity contribution >= 4 is 17.5 Å². The van der Waals surface area contributed by atoms with E-state index in [1.165, 1.54) is 12.1 Å². The van der Waals surface area contributed by atoms with E-state index in [4.69, 9.17) is 0 Å². The lowest BCUT2D eigenvalue weighted by atomic mass is 9.89. The number of Topliss-reactive ketones (excluding diaryl/α,β-unsaturated/α-hetero) is 1. The van der Waals surface area contributed by atoms with Crippen molar-refractivity contribution in [3.05, 3.63) is 87.1 Å². The molecule has 1 heterocycles. The molecule has 126 valence electrons. The van der Waals surface area contributed by atoms with Crippen molar-refractivity contribution in [3.8, 4) is 0 Å². The Labute approximate surface area is 143 Å². The smallest absolute Gasteiger partial charge is 0.319 e. The number of benzene rings is 2. The van der Waals surface area contributed by atoms with Gasteiger partial charge in [-0.3, -0.25) is 14.9 Å². The molecular formula is C18H15N3O4. The van der Waals surface area contributed by atoms with Gasteiger partial charge in [0.2, 0.25) is 0 Å². The molecule has 7 heteroatoms. The van der Waals surface area contributed by atoms with E-state index in [2.05, 4.69) is 10.6 Å². The van der Waals surface area contributed by atoms with Gasteiger partial charge in [-0.05, 0) is 24.6 Å². The standard InChI is InChI=1S/C18H15N3O4/c1-11-15(17(22)13-5-3-2-4-6-13)16(20-18(23)19-11)12-7-9-14(10-8-12)21(24)25/h2-10,16H,1H3,(H2,19,20,23). The number of nitro benzene ring substituents is 1. The third-order valence-corrected chi connectivity index (χ3v) is 3.99. The van der Waals surface area contributed by atoms with Crippen LogP contribution in [0.3, 0.4) is 0 Å². The van der Waals surface area contributed by atoms with Crippen LogP contribution in [0.1, 0.15) is 28.9 Å². The number of rotatable bonds is 4. The number of non-ortho nitro benzene ring substituents is 1. The first-order chi connectivity index (χ1) is 12.0. The Balaban J connectivity index is 2.03. The second kappa shape index (κ2) is 6.56.